The lowest BCUT2D eigenvalue weighted by Crippen LogP contribution is -2.32. The monoisotopic (exact) mass is 466 g/mol. The fourth-order valence-electron chi connectivity index (χ4n) is 4.24. The van der Waals surface area contributed by atoms with Crippen molar-refractivity contribution in [2.45, 2.75) is 19.8 Å². The SMILES string of the molecule is CNc1cc(F)cc2c1[nH]c1nc(Oc3cnc(C)nc3)nc(N3CCC(=C(F)CN)CC3)c12. The Balaban J connectivity index is 1.64. The molecule has 0 radical (unpaired) electrons. The van der Waals surface area contributed by atoms with Crippen molar-refractivity contribution in [1.82, 2.24) is 24.9 Å². The van der Waals surface area contributed by atoms with Crippen molar-refractivity contribution in [3.05, 3.63) is 47.6 Å². The predicted molar refractivity (Wildman–Crippen MR) is 126 cm³/mol. The number of rotatable bonds is 5. The third-order valence-corrected chi connectivity index (χ3v) is 5.95. The summed E-state index contributed by atoms with van der Waals surface area (Å²) in [6.45, 7) is 2.74. The summed E-state index contributed by atoms with van der Waals surface area (Å²) in [4.78, 5) is 22.8. The van der Waals surface area contributed by atoms with E-state index in [4.69, 9.17) is 10.5 Å². The van der Waals surface area contributed by atoms with Crippen LogP contribution in [0.1, 0.15) is 18.7 Å². The molecule has 0 bridgehead atoms. The van der Waals surface area contributed by atoms with E-state index in [-0.39, 0.29) is 24.2 Å². The number of ether oxygens (including phenoxy) is 1. The maximum absolute atomic E-state index is 14.4. The number of nitrogens with zero attached hydrogens (tertiary/aromatic N) is 5. The Hall–Kier alpha value is -3.86. The summed E-state index contributed by atoms with van der Waals surface area (Å²) >= 11 is 0. The Morgan fingerprint density at radius 2 is 1.94 bits per heavy atom. The van der Waals surface area contributed by atoms with Crippen LogP contribution < -0.4 is 20.7 Å². The lowest BCUT2D eigenvalue weighted by atomic mass is 10.0. The quantitative estimate of drug-likeness (QED) is 0.405. The number of piperidine rings is 1. The topological polar surface area (TPSA) is 118 Å². The standard InChI is InChI=1S/C23H24F2N8O/c1-12-28-10-15(11-29-12)34-23-31-21-19(16-7-14(24)8-18(27-2)20(16)30-21)22(32-23)33-5-3-13(4-6-33)17(25)9-26/h7-8,10-11,27H,3-6,9,26H2,1-2H3,(H,30,31,32). The highest BCUT2D eigenvalue weighted by Crippen LogP contribution is 2.38. The lowest BCUT2D eigenvalue weighted by molar-refractivity contribution is 0.438. The first-order valence-corrected chi connectivity index (χ1v) is 11.0. The first-order chi connectivity index (χ1) is 16.5. The molecule has 0 amide bonds. The molecule has 1 aliphatic heterocycles. The van der Waals surface area contributed by atoms with Gasteiger partial charge < -0.3 is 25.7 Å². The van der Waals surface area contributed by atoms with Crippen molar-refractivity contribution in [2.75, 3.05) is 36.9 Å². The Morgan fingerprint density at radius 1 is 1.21 bits per heavy atom. The Kier molecular flexibility index (Phi) is 5.70. The number of nitrogens with two attached hydrogens (primary N) is 1. The molecule has 0 saturated carbocycles. The second-order valence-corrected chi connectivity index (χ2v) is 8.07. The zero-order chi connectivity index (χ0) is 23.8. The summed E-state index contributed by atoms with van der Waals surface area (Å²) in [5, 5.41) is 4.33. The molecule has 1 saturated heterocycles. The van der Waals surface area contributed by atoms with Crippen LogP contribution >= 0.6 is 0 Å². The minimum absolute atomic E-state index is 0.0990. The van der Waals surface area contributed by atoms with Gasteiger partial charge in [-0.05, 0) is 37.5 Å². The van der Waals surface area contributed by atoms with E-state index in [2.05, 4.69) is 30.2 Å². The van der Waals surface area contributed by atoms with Crippen molar-refractivity contribution in [2.24, 2.45) is 5.73 Å². The number of anilines is 2. The van der Waals surface area contributed by atoms with Gasteiger partial charge in [0.05, 0.1) is 29.0 Å². The maximum Gasteiger partial charge on any atom is 0.326 e. The Labute approximate surface area is 194 Å². The molecule has 3 aromatic heterocycles. The van der Waals surface area contributed by atoms with E-state index in [0.29, 0.717) is 70.9 Å². The number of aryl methyl sites for hydroxylation is 1. The van der Waals surface area contributed by atoms with Gasteiger partial charge in [0.15, 0.2) is 5.75 Å². The van der Waals surface area contributed by atoms with Gasteiger partial charge in [0.1, 0.15) is 28.9 Å². The number of aromatic amines is 1. The van der Waals surface area contributed by atoms with Gasteiger partial charge in [-0.15, -0.1) is 0 Å². The molecular weight excluding hydrogens is 442 g/mol. The van der Waals surface area contributed by atoms with Crippen LogP contribution in [0.5, 0.6) is 11.8 Å². The van der Waals surface area contributed by atoms with E-state index >= 15 is 0 Å². The normalized spacial score (nSPS) is 14.1. The number of hydrogen-bond donors (Lipinski definition) is 3. The predicted octanol–water partition coefficient (Wildman–Crippen LogP) is 3.97. The van der Waals surface area contributed by atoms with Crippen molar-refractivity contribution in [3.63, 3.8) is 0 Å². The highest BCUT2D eigenvalue weighted by Gasteiger charge is 2.24. The van der Waals surface area contributed by atoms with Crippen LogP contribution in [0.4, 0.5) is 20.3 Å². The number of aromatic nitrogens is 5. The molecule has 11 heteroatoms. The number of fused-ring (bicyclic) bond motifs is 3. The minimum Gasteiger partial charge on any atom is -0.421 e. The molecule has 0 aliphatic carbocycles. The van der Waals surface area contributed by atoms with Gasteiger partial charge in [0.25, 0.3) is 0 Å². The molecule has 0 atom stereocenters. The second kappa shape index (κ2) is 8.82. The number of benzene rings is 1. The molecule has 9 nitrogen and oxygen atoms in total. The molecule has 0 spiro atoms. The van der Waals surface area contributed by atoms with Gasteiger partial charge in [-0.1, -0.05) is 0 Å². The Morgan fingerprint density at radius 3 is 2.62 bits per heavy atom. The minimum atomic E-state index is -0.380. The number of halogens is 2. The van der Waals surface area contributed by atoms with Crippen molar-refractivity contribution in [1.29, 1.82) is 0 Å². The maximum atomic E-state index is 14.4. The molecular formula is C23H24F2N8O. The number of hydrogen-bond acceptors (Lipinski definition) is 8. The molecule has 1 fully saturated rings. The van der Waals surface area contributed by atoms with E-state index < -0.39 is 0 Å². The van der Waals surface area contributed by atoms with Crippen LogP contribution in [0, 0.1) is 12.7 Å². The van der Waals surface area contributed by atoms with E-state index in [1.807, 2.05) is 4.90 Å². The van der Waals surface area contributed by atoms with Gasteiger partial charge in [-0.3, -0.25) is 0 Å². The van der Waals surface area contributed by atoms with Gasteiger partial charge in [-0.2, -0.15) is 9.97 Å². The Bertz CT molecular complexity index is 1390. The molecule has 1 aromatic carbocycles. The van der Waals surface area contributed by atoms with Crippen LogP contribution in [0.3, 0.4) is 0 Å². The van der Waals surface area contributed by atoms with Crippen molar-refractivity contribution >= 4 is 33.4 Å². The third-order valence-electron chi connectivity index (χ3n) is 5.95. The molecule has 4 aromatic rings. The summed E-state index contributed by atoms with van der Waals surface area (Å²) in [6, 6.07) is 2.97. The molecule has 34 heavy (non-hydrogen) atoms. The van der Waals surface area contributed by atoms with E-state index in [1.165, 1.54) is 12.1 Å². The van der Waals surface area contributed by atoms with E-state index in [0.717, 1.165) is 5.57 Å². The molecule has 176 valence electrons. The zero-order valence-electron chi connectivity index (χ0n) is 18.8. The lowest BCUT2D eigenvalue weighted by Gasteiger charge is -2.30. The molecule has 4 N–H and O–H groups in total. The smallest absolute Gasteiger partial charge is 0.326 e. The number of nitrogens with one attached hydrogen (secondary N) is 2. The third kappa shape index (κ3) is 3.98. The summed E-state index contributed by atoms with van der Waals surface area (Å²) in [5.41, 5.74) is 8.00. The average molecular weight is 466 g/mol. The summed E-state index contributed by atoms with van der Waals surface area (Å²) in [6.07, 6.45) is 4.13. The molecule has 5 rings (SSSR count). The highest BCUT2D eigenvalue weighted by atomic mass is 19.1. The van der Waals surface area contributed by atoms with Gasteiger partial charge in [0, 0.05) is 32.1 Å². The first kappa shape index (κ1) is 22.0. The fourth-order valence-corrected chi connectivity index (χ4v) is 4.24. The average Bonchev–Trinajstić information content (AvgIpc) is 3.22. The molecule has 4 heterocycles. The van der Waals surface area contributed by atoms with Gasteiger partial charge in [0.2, 0.25) is 0 Å². The van der Waals surface area contributed by atoms with Gasteiger partial charge in [-0.25, -0.2) is 18.7 Å². The molecule has 1 aliphatic rings. The van der Waals surface area contributed by atoms with Crippen LogP contribution in [0.2, 0.25) is 0 Å². The highest BCUT2D eigenvalue weighted by molar-refractivity contribution is 6.14. The van der Waals surface area contributed by atoms with Crippen LogP contribution in [-0.4, -0.2) is 51.6 Å². The molecule has 0 unspecified atom stereocenters. The summed E-state index contributed by atoms with van der Waals surface area (Å²) in [7, 11) is 1.72. The zero-order valence-corrected chi connectivity index (χ0v) is 18.8. The number of H-pyrrole nitrogens is 1. The second-order valence-electron chi connectivity index (χ2n) is 8.07. The fraction of sp³-hybridized carbons (Fsp3) is 0.304. The summed E-state index contributed by atoms with van der Waals surface area (Å²) in [5.74, 6) is 0.948. The van der Waals surface area contributed by atoms with Crippen LogP contribution in [0.15, 0.2) is 35.9 Å². The largest absolute Gasteiger partial charge is 0.421 e. The van der Waals surface area contributed by atoms with Crippen molar-refractivity contribution in [3.8, 4) is 11.8 Å². The summed E-state index contributed by atoms with van der Waals surface area (Å²) < 4.78 is 34.3. The van der Waals surface area contributed by atoms with Crippen LogP contribution in [-0.2, 0) is 0 Å². The van der Waals surface area contributed by atoms with E-state index in [9.17, 15) is 8.78 Å². The van der Waals surface area contributed by atoms with Gasteiger partial charge >= 0.3 is 6.01 Å². The van der Waals surface area contributed by atoms with Crippen molar-refractivity contribution < 1.29 is 13.5 Å². The first-order valence-electron chi connectivity index (χ1n) is 11.0. The van der Waals surface area contributed by atoms with E-state index in [1.54, 1.807) is 26.4 Å². The van der Waals surface area contributed by atoms with Crippen LogP contribution in [0.25, 0.3) is 21.9 Å².